The molecule has 2 unspecified atom stereocenters. The third-order valence-corrected chi connectivity index (χ3v) is 4.86. The normalized spacial score (nSPS) is 27.7. The highest BCUT2D eigenvalue weighted by atomic mass is 32.2. The van der Waals surface area contributed by atoms with Gasteiger partial charge in [0, 0.05) is 18.8 Å². The smallest absolute Gasteiger partial charge is 0.327 e. The second-order valence-corrected chi connectivity index (χ2v) is 6.32. The van der Waals surface area contributed by atoms with Gasteiger partial charge in [-0.1, -0.05) is 0 Å². The van der Waals surface area contributed by atoms with E-state index in [2.05, 4.69) is 10.2 Å². The SMILES string of the molecule is CC1SCC(C(=O)O)N1C(=O)NCCN1CCCC1. The molecule has 108 valence electrons. The van der Waals surface area contributed by atoms with Gasteiger partial charge in [0.15, 0.2) is 0 Å². The molecule has 0 aromatic rings. The number of carboxylic acid groups (broad SMARTS) is 1. The maximum Gasteiger partial charge on any atom is 0.327 e. The predicted molar refractivity (Wildman–Crippen MR) is 74.3 cm³/mol. The summed E-state index contributed by atoms with van der Waals surface area (Å²) in [6.45, 7) is 5.50. The molecule has 0 spiro atoms. The van der Waals surface area contributed by atoms with E-state index >= 15 is 0 Å². The number of amides is 2. The third kappa shape index (κ3) is 3.54. The molecular formula is C12H21N3O3S. The van der Waals surface area contributed by atoms with E-state index in [-0.39, 0.29) is 11.4 Å². The van der Waals surface area contributed by atoms with Gasteiger partial charge in [0.1, 0.15) is 6.04 Å². The molecule has 0 saturated carbocycles. The number of carbonyl (C=O) groups is 2. The summed E-state index contributed by atoms with van der Waals surface area (Å²) in [6.07, 6.45) is 2.46. The molecule has 2 atom stereocenters. The summed E-state index contributed by atoms with van der Waals surface area (Å²) in [5, 5.41) is 11.9. The van der Waals surface area contributed by atoms with E-state index in [1.807, 2.05) is 6.92 Å². The van der Waals surface area contributed by atoms with E-state index in [4.69, 9.17) is 5.11 Å². The van der Waals surface area contributed by atoms with Gasteiger partial charge in [0.2, 0.25) is 0 Å². The lowest BCUT2D eigenvalue weighted by molar-refractivity contribution is -0.141. The predicted octanol–water partition coefficient (Wildman–Crippen LogP) is 0.640. The van der Waals surface area contributed by atoms with E-state index in [0.29, 0.717) is 12.3 Å². The van der Waals surface area contributed by atoms with Gasteiger partial charge in [-0.05, 0) is 32.9 Å². The summed E-state index contributed by atoms with van der Waals surface area (Å²) in [6, 6.07) is -0.962. The van der Waals surface area contributed by atoms with Crippen LogP contribution in [0.3, 0.4) is 0 Å². The van der Waals surface area contributed by atoms with Crippen molar-refractivity contribution < 1.29 is 14.7 Å². The van der Waals surface area contributed by atoms with Crippen LogP contribution in [0.25, 0.3) is 0 Å². The fourth-order valence-corrected chi connectivity index (χ4v) is 3.73. The Hall–Kier alpha value is -0.950. The number of nitrogens with one attached hydrogen (secondary N) is 1. The van der Waals surface area contributed by atoms with Crippen LogP contribution in [0.5, 0.6) is 0 Å². The van der Waals surface area contributed by atoms with Crippen molar-refractivity contribution in [2.45, 2.75) is 31.2 Å². The minimum Gasteiger partial charge on any atom is -0.480 e. The monoisotopic (exact) mass is 287 g/mol. The minimum atomic E-state index is -0.924. The second-order valence-electron chi connectivity index (χ2n) is 4.97. The van der Waals surface area contributed by atoms with Gasteiger partial charge in [-0.2, -0.15) is 0 Å². The first-order chi connectivity index (χ1) is 9.09. The zero-order chi connectivity index (χ0) is 13.8. The number of aliphatic carboxylic acids is 1. The van der Waals surface area contributed by atoms with E-state index in [9.17, 15) is 9.59 Å². The molecule has 2 aliphatic rings. The van der Waals surface area contributed by atoms with Gasteiger partial charge < -0.3 is 15.3 Å². The Morgan fingerprint density at radius 3 is 2.68 bits per heavy atom. The number of hydrogen-bond acceptors (Lipinski definition) is 4. The molecule has 0 aromatic heterocycles. The molecule has 19 heavy (non-hydrogen) atoms. The fraction of sp³-hybridized carbons (Fsp3) is 0.833. The van der Waals surface area contributed by atoms with Gasteiger partial charge in [0.05, 0.1) is 5.37 Å². The first-order valence-electron chi connectivity index (χ1n) is 6.72. The number of urea groups is 1. The van der Waals surface area contributed by atoms with Crippen molar-refractivity contribution in [1.82, 2.24) is 15.1 Å². The lowest BCUT2D eigenvalue weighted by atomic mass is 10.3. The molecule has 2 aliphatic heterocycles. The lowest BCUT2D eigenvalue weighted by Crippen LogP contribution is -2.50. The quantitative estimate of drug-likeness (QED) is 0.794. The Bertz CT molecular complexity index is 347. The Labute approximate surface area is 117 Å². The highest BCUT2D eigenvalue weighted by Crippen LogP contribution is 2.28. The van der Waals surface area contributed by atoms with Crippen molar-refractivity contribution in [3.8, 4) is 0 Å². The fourth-order valence-electron chi connectivity index (χ4n) is 2.56. The van der Waals surface area contributed by atoms with Gasteiger partial charge in [-0.25, -0.2) is 9.59 Å². The largest absolute Gasteiger partial charge is 0.480 e. The Balaban J connectivity index is 1.79. The summed E-state index contributed by atoms with van der Waals surface area (Å²) in [7, 11) is 0. The minimum absolute atomic E-state index is 0.0760. The molecule has 2 heterocycles. The molecule has 0 aromatic carbocycles. The van der Waals surface area contributed by atoms with Crippen molar-refractivity contribution in [3.05, 3.63) is 0 Å². The van der Waals surface area contributed by atoms with E-state index in [0.717, 1.165) is 19.6 Å². The van der Waals surface area contributed by atoms with Crippen LogP contribution >= 0.6 is 11.8 Å². The van der Waals surface area contributed by atoms with Crippen LogP contribution in [-0.2, 0) is 4.79 Å². The summed E-state index contributed by atoms with van der Waals surface area (Å²) in [5.74, 6) is -0.456. The van der Waals surface area contributed by atoms with Crippen molar-refractivity contribution in [3.63, 3.8) is 0 Å². The van der Waals surface area contributed by atoms with Gasteiger partial charge in [-0.3, -0.25) is 4.90 Å². The number of likely N-dealkylation sites (tertiary alicyclic amines) is 1. The number of thioether (sulfide) groups is 1. The van der Waals surface area contributed by atoms with Gasteiger partial charge in [-0.15, -0.1) is 11.8 Å². The molecule has 2 rings (SSSR count). The molecule has 2 amide bonds. The average molecular weight is 287 g/mol. The second kappa shape index (κ2) is 6.47. The standard InChI is InChI=1S/C12H21N3O3S/c1-9-15(10(8-19-9)11(16)17)12(18)13-4-7-14-5-2-3-6-14/h9-10H,2-8H2,1H3,(H,13,18)(H,16,17). The van der Waals surface area contributed by atoms with E-state index in [1.54, 1.807) is 0 Å². The topological polar surface area (TPSA) is 72.9 Å². The van der Waals surface area contributed by atoms with Gasteiger partial charge in [0.25, 0.3) is 0 Å². The molecule has 6 nitrogen and oxygen atoms in total. The van der Waals surface area contributed by atoms with Crippen LogP contribution < -0.4 is 5.32 Å². The molecule has 2 saturated heterocycles. The molecule has 2 N–H and O–H groups in total. The average Bonchev–Trinajstić information content (AvgIpc) is 2.98. The Morgan fingerprint density at radius 2 is 2.05 bits per heavy atom. The van der Waals surface area contributed by atoms with Gasteiger partial charge >= 0.3 is 12.0 Å². The number of carbonyl (C=O) groups excluding carboxylic acids is 1. The summed E-state index contributed by atoms with van der Waals surface area (Å²) < 4.78 is 0. The highest BCUT2D eigenvalue weighted by molar-refractivity contribution is 8.00. The van der Waals surface area contributed by atoms with Crippen LogP contribution in [0.15, 0.2) is 0 Å². The lowest BCUT2D eigenvalue weighted by Gasteiger charge is -2.25. The maximum atomic E-state index is 12.1. The Morgan fingerprint density at radius 1 is 1.37 bits per heavy atom. The zero-order valence-corrected chi connectivity index (χ0v) is 12.0. The van der Waals surface area contributed by atoms with Crippen molar-refractivity contribution in [2.75, 3.05) is 31.9 Å². The van der Waals surface area contributed by atoms with Crippen LogP contribution in [0, 0.1) is 0 Å². The number of nitrogens with zero attached hydrogens (tertiary/aromatic N) is 2. The van der Waals surface area contributed by atoms with Crippen LogP contribution in [-0.4, -0.2) is 70.3 Å². The third-order valence-electron chi connectivity index (χ3n) is 3.65. The van der Waals surface area contributed by atoms with Crippen LogP contribution in [0.1, 0.15) is 19.8 Å². The number of rotatable bonds is 4. The van der Waals surface area contributed by atoms with Crippen molar-refractivity contribution in [2.24, 2.45) is 0 Å². The first kappa shape index (κ1) is 14.5. The maximum absolute atomic E-state index is 12.1. The molecule has 0 bridgehead atoms. The summed E-state index contributed by atoms with van der Waals surface area (Å²) in [4.78, 5) is 26.9. The first-order valence-corrected chi connectivity index (χ1v) is 7.77. The van der Waals surface area contributed by atoms with Crippen molar-refractivity contribution in [1.29, 1.82) is 0 Å². The molecule has 0 aliphatic carbocycles. The highest BCUT2D eigenvalue weighted by Gasteiger charge is 2.39. The molecule has 0 radical (unpaired) electrons. The Kier molecular flexibility index (Phi) is 4.93. The molecule has 7 heteroatoms. The summed E-state index contributed by atoms with van der Waals surface area (Å²) in [5.41, 5.74) is 0. The van der Waals surface area contributed by atoms with Crippen LogP contribution in [0.2, 0.25) is 0 Å². The van der Waals surface area contributed by atoms with E-state index in [1.165, 1.54) is 29.5 Å². The number of hydrogen-bond donors (Lipinski definition) is 2. The van der Waals surface area contributed by atoms with E-state index < -0.39 is 12.0 Å². The molecular weight excluding hydrogens is 266 g/mol. The zero-order valence-electron chi connectivity index (χ0n) is 11.2. The molecule has 2 fully saturated rings. The number of carboxylic acids is 1. The summed E-state index contributed by atoms with van der Waals surface area (Å²) >= 11 is 1.50. The van der Waals surface area contributed by atoms with Crippen LogP contribution in [0.4, 0.5) is 4.79 Å². The van der Waals surface area contributed by atoms with Crippen molar-refractivity contribution >= 4 is 23.8 Å².